The van der Waals surface area contributed by atoms with Crippen LogP contribution in [0.15, 0.2) is 24.4 Å². The van der Waals surface area contributed by atoms with Crippen molar-refractivity contribution in [1.29, 1.82) is 0 Å². The van der Waals surface area contributed by atoms with Crippen LogP contribution >= 0.6 is 0 Å². The fourth-order valence-electron chi connectivity index (χ4n) is 2.93. The molecule has 1 aromatic heterocycles. The van der Waals surface area contributed by atoms with Gasteiger partial charge in [0.05, 0.1) is 0 Å². The summed E-state index contributed by atoms with van der Waals surface area (Å²) in [5.41, 5.74) is 0.665. The van der Waals surface area contributed by atoms with Gasteiger partial charge in [0, 0.05) is 36.9 Å². The van der Waals surface area contributed by atoms with Gasteiger partial charge in [-0.1, -0.05) is 6.07 Å². The molecule has 1 aromatic rings. The highest BCUT2D eigenvalue weighted by Crippen LogP contribution is 2.19. The third-order valence-corrected chi connectivity index (χ3v) is 3.94. The summed E-state index contributed by atoms with van der Waals surface area (Å²) >= 11 is 0. The molecule has 128 valence electrons. The van der Waals surface area contributed by atoms with Crippen LogP contribution in [0.4, 0.5) is 4.79 Å². The van der Waals surface area contributed by atoms with Gasteiger partial charge >= 0.3 is 6.09 Å². The first-order chi connectivity index (χ1) is 10.9. The summed E-state index contributed by atoms with van der Waals surface area (Å²) in [4.78, 5) is 16.2. The molecule has 0 aliphatic heterocycles. The molecule has 2 unspecified atom stereocenters. The van der Waals surface area contributed by atoms with Crippen LogP contribution in [0.3, 0.4) is 0 Å². The van der Waals surface area contributed by atoms with Gasteiger partial charge in [-0.3, -0.25) is 4.98 Å². The second-order valence-corrected chi connectivity index (χ2v) is 7.23. The van der Waals surface area contributed by atoms with E-state index < -0.39 is 5.60 Å². The summed E-state index contributed by atoms with van der Waals surface area (Å²) < 4.78 is 5.34. The second-order valence-electron chi connectivity index (χ2n) is 7.23. The molecular weight excluding hydrogens is 290 g/mol. The first-order valence-corrected chi connectivity index (χ1v) is 8.55. The van der Waals surface area contributed by atoms with Crippen molar-refractivity contribution < 1.29 is 9.53 Å². The SMILES string of the molecule is CC(C)(C)OC(=O)NC1CCCC(NCCc2ccccn2)C1. The molecule has 2 N–H and O–H groups in total. The van der Waals surface area contributed by atoms with Crippen LogP contribution < -0.4 is 10.6 Å². The van der Waals surface area contributed by atoms with Crippen molar-refractivity contribution in [3.63, 3.8) is 0 Å². The molecule has 2 rings (SSSR count). The molecule has 2 atom stereocenters. The van der Waals surface area contributed by atoms with Gasteiger partial charge in [-0.25, -0.2) is 4.79 Å². The zero-order valence-electron chi connectivity index (χ0n) is 14.5. The lowest BCUT2D eigenvalue weighted by Gasteiger charge is -2.31. The van der Waals surface area contributed by atoms with Crippen LogP contribution in [0.25, 0.3) is 0 Å². The minimum absolute atomic E-state index is 0.200. The van der Waals surface area contributed by atoms with Crippen molar-refractivity contribution in [2.24, 2.45) is 0 Å². The van der Waals surface area contributed by atoms with Crippen LogP contribution in [0, 0.1) is 0 Å². The van der Waals surface area contributed by atoms with E-state index in [9.17, 15) is 4.79 Å². The largest absolute Gasteiger partial charge is 0.444 e. The average molecular weight is 319 g/mol. The first kappa shape index (κ1) is 17.7. The molecule has 5 heteroatoms. The molecular formula is C18H29N3O2. The zero-order chi connectivity index (χ0) is 16.7. The molecule has 5 nitrogen and oxygen atoms in total. The molecule has 0 saturated heterocycles. The number of pyridine rings is 1. The van der Waals surface area contributed by atoms with E-state index >= 15 is 0 Å². The van der Waals surface area contributed by atoms with Gasteiger partial charge < -0.3 is 15.4 Å². The Morgan fingerprint density at radius 2 is 2.09 bits per heavy atom. The number of hydrogen-bond donors (Lipinski definition) is 2. The smallest absolute Gasteiger partial charge is 0.407 e. The lowest BCUT2D eigenvalue weighted by Crippen LogP contribution is -2.46. The Hall–Kier alpha value is -1.62. The Labute approximate surface area is 139 Å². The zero-order valence-corrected chi connectivity index (χ0v) is 14.5. The summed E-state index contributed by atoms with van der Waals surface area (Å²) in [7, 11) is 0. The normalized spacial score (nSPS) is 21.7. The number of ether oxygens (including phenoxy) is 1. The summed E-state index contributed by atoms with van der Waals surface area (Å²) in [5, 5.41) is 6.59. The van der Waals surface area contributed by atoms with Gasteiger partial charge in [0.25, 0.3) is 0 Å². The van der Waals surface area contributed by atoms with Gasteiger partial charge in [0.1, 0.15) is 5.60 Å². The van der Waals surface area contributed by atoms with Crippen molar-refractivity contribution >= 4 is 6.09 Å². The molecule has 1 fully saturated rings. The molecule has 1 heterocycles. The van der Waals surface area contributed by atoms with Crippen molar-refractivity contribution in [2.45, 2.75) is 70.6 Å². The molecule has 0 bridgehead atoms. The Morgan fingerprint density at radius 1 is 1.30 bits per heavy atom. The monoisotopic (exact) mass is 319 g/mol. The maximum Gasteiger partial charge on any atom is 0.407 e. The van der Waals surface area contributed by atoms with E-state index in [1.807, 2.05) is 39.1 Å². The minimum atomic E-state index is -0.445. The number of alkyl carbamates (subject to hydrolysis) is 1. The molecule has 0 aromatic carbocycles. The number of carbonyl (C=O) groups excluding carboxylic acids is 1. The summed E-state index contributed by atoms with van der Waals surface area (Å²) in [6.07, 6.45) is 6.73. The van der Waals surface area contributed by atoms with E-state index in [0.717, 1.165) is 44.3 Å². The third-order valence-electron chi connectivity index (χ3n) is 3.94. The third kappa shape index (κ3) is 6.99. The number of nitrogens with one attached hydrogen (secondary N) is 2. The van der Waals surface area contributed by atoms with Crippen molar-refractivity contribution in [1.82, 2.24) is 15.6 Å². The van der Waals surface area contributed by atoms with Crippen molar-refractivity contribution in [3.8, 4) is 0 Å². The first-order valence-electron chi connectivity index (χ1n) is 8.55. The Balaban J connectivity index is 1.70. The Bertz CT molecular complexity index is 485. The maximum absolute atomic E-state index is 11.9. The van der Waals surface area contributed by atoms with Gasteiger partial charge in [-0.2, -0.15) is 0 Å². The van der Waals surface area contributed by atoms with Crippen LogP contribution in [0.1, 0.15) is 52.1 Å². The van der Waals surface area contributed by atoms with Crippen LogP contribution in [-0.2, 0) is 11.2 Å². The average Bonchev–Trinajstić information content (AvgIpc) is 2.46. The van der Waals surface area contributed by atoms with E-state index in [0.29, 0.717) is 6.04 Å². The van der Waals surface area contributed by atoms with E-state index in [4.69, 9.17) is 4.74 Å². The number of nitrogens with zero attached hydrogens (tertiary/aromatic N) is 1. The maximum atomic E-state index is 11.9. The topological polar surface area (TPSA) is 63.2 Å². The van der Waals surface area contributed by atoms with Crippen LogP contribution in [0.5, 0.6) is 0 Å². The van der Waals surface area contributed by atoms with Gasteiger partial charge in [0.2, 0.25) is 0 Å². The summed E-state index contributed by atoms with van der Waals surface area (Å²) in [6, 6.07) is 6.66. The number of amides is 1. The second kappa shape index (κ2) is 8.29. The highest BCUT2D eigenvalue weighted by atomic mass is 16.6. The molecule has 1 saturated carbocycles. The van der Waals surface area contributed by atoms with Gasteiger partial charge in [-0.05, 0) is 58.6 Å². The van der Waals surface area contributed by atoms with E-state index in [1.54, 1.807) is 0 Å². The van der Waals surface area contributed by atoms with Gasteiger partial charge in [0.15, 0.2) is 0 Å². The Kier molecular flexibility index (Phi) is 6.39. The minimum Gasteiger partial charge on any atom is -0.444 e. The Morgan fingerprint density at radius 3 is 2.78 bits per heavy atom. The van der Waals surface area contributed by atoms with Crippen molar-refractivity contribution in [2.75, 3.05) is 6.54 Å². The standard InChI is InChI=1S/C18H29N3O2/c1-18(2,3)23-17(22)21-16-9-6-8-15(13-16)20-12-10-14-7-4-5-11-19-14/h4-5,7,11,15-16,20H,6,8-10,12-13H2,1-3H3,(H,21,22). The quantitative estimate of drug-likeness (QED) is 0.875. The fraction of sp³-hybridized carbons (Fsp3) is 0.667. The number of rotatable bonds is 5. The number of aromatic nitrogens is 1. The van der Waals surface area contributed by atoms with Crippen LogP contribution in [0.2, 0.25) is 0 Å². The van der Waals surface area contributed by atoms with E-state index in [-0.39, 0.29) is 12.1 Å². The van der Waals surface area contributed by atoms with Crippen molar-refractivity contribution in [3.05, 3.63) is 30.1 Å². The van der Waals surface area contributed by atoms with E-state index in [1.165, 1.54) is 0 Å². The number of carbonyl (C=O) groups is 1. The fourth-order valence-corrected chi connectivity index (χ4v) is 2.93. The molecule has 23 heavy (non-hydrogen) atoms. The molecule has 1 amide bonds. The highest BCUT2D eigenvalue weighted by Gasteiger charge is 2.25. The summed E-state index contributed by atoms with van der Waals surface area (Å²) in [6.45, 7) is 6.57. The summed E-state index contributed by atoms with van der Waals surface area (Å²) in [5.74, 6) is 0. The lowest BCUT2D eigenvalue weighted by atomic mass is 9.91. The van der Waals surface area contributed by atoms with Gasteiger partial charge in [-0.15, -0.1) is 0 Å². The predicted molar refractivity (Wildman–Crippen MR) is 91.4 cm³/mol. The van der Waals surface area contributed by atoms with Crippen LogP contribution in [-0.4, -0.2) is 35.3 Å². The number of hydrogen-bond acceptors (Lipinski definition) is 4. The molecule has 1 aliphatic carbocycles. The molecule has 1 aliphatic rings. The molecule has 0 spiro atoms. The lowest BCUT2D eigenvalue weighted by molar-refractivity contribution is 0.0489. The predicted octanol–water partition coefficient (Wildman–Crippen LogP) is 3.05. The van der Waals surface area contributed by atoms with E-state index in [2.05, 4.69) is 21.7 Å². The molecule has 0 radical (unpaired) electrons. The highest BCUT2D eigenvalue weighted by molar-refractivity contribution is 5.68.